The summed E-state index contributed by atoms with van der Waals surface area (Å²) in [6.07, 6.45) is -0.181. The fourth-order valence-electron chi connectivity index (χ4n) is 2.88. The second kappa shape index (κ2) is 7.91. The fourth-order valence-corrected chi connectivity index (χ4v) is 2.88. The molecule has 26 heavy (non-hydrogen) atoms. The molecule has 0 spiro atoms. The molecular weight excluding hydrogens is 332 g/mol. The van der Waals surface area contributed by atoms with Crippen LogP contribution in [0.2, 0.25) is 0 Å². The van der Waals surface area contributed by atoms with Crippen LogP contribution < -0.4 is 9.47 Å². The highest BCUT2D eigenvalue weighted by molar-refractivity contribution is 6.04. The van der Waals surface area contributed by atoms with Crippen LogP contribution >= 0.6 is 0 Å². The minimum Gasteiger partial charge on any atom is -0.493 e. The standard InChI is InChI=1S/C20H22N2O4/c1-22(13-14-7-5-4-6-8-14)20(23)19-12-16(21-26-19)15-9-10-17(24-2)18(11-15)25-3/h4-11,19H,12-13H2,1-3H3/t19-/m0/s1. The molecular formula is C20H22N2O4. The highest BCUT2D eigenvalue weighted by Gasteiger charge is 2.31. The van der Waals surface area contributed by atoms with E-state index in [0.29, 0.717) is 24.5 Å². The van der Waals surface area contributed by atoms with Gasteiger partial charge in [0.25, 0.3) is 5.91 Å². The van der Waals surface area contributed by atoms with Gasteiger partial charge in [0.05, 0.1) is 19.9 Å². The number of benzene rings is 2. The number of carbonyl (C=O) groups is 1. The molecule has 136 valence electrons. The summed E-state index contributed by atoms with van der Waals surface area (Å²) in [5, 5.41) is 4.10. The van der Waals surface area contributed by atoms with Crippen molar-refractivity contribution in [3.63, 3.8) is 0 Å². The van der Waals surface area contributed by atoms with Crippen molar-refractivity contribution in [3.05, 3.63) is 59.7 Å². The van der Waals surface area contributed by atoms with Crippen LogP contribution in [0.1, 0.15) is 17.5 Å². The van der Waals surface area contributed by atoms with Gasteiger partial charge in [0.15, 0.2) is 11.5 Å². The summed E-state index contributed by atoms with van der Waals surface area (Å²) >= 11 is 0. The molecule has 0 aliphatic carbocycles. The van der Waals surface area contributed by atoms with Crippen LogP contribution in [0.15, 0.2) is 53.7 Å². The van der Waals surface area contributed by atoms with Crippen LogP contribution in [0.5, 0.6) is 11.5 Å². The Morgan fingerprint density at radius 2 is 1.88 bits per heavy atom. The van der Waals surface area contributed by atoms with E-state index >= 15 is 0 Å². The van der Waals surface area contributed by atoms with Crippen molar-refractivity contribution in [2.24, 2.45) is 5.16 Å². The minimum absolute atomic E-state index is 0.0897. The Balaban J connectivity index is 1.65. The Morgan fingerprint density at radius 1 is 1.15 bits per heavy atom. The van der Waals surface area contributed by atoms with Crippen LogP contribution in [-0.4, -0.2) is 43.9 Å². The number of methoxy groups -OCH3 is 2. The lowest BCUT2D eigenvalue weighted by molar-refractivity contribution is -0.141. The smallest absolute Gasteiger partial charge is 0.266 e. The normalized spacial score (nSPS) is 15.8. The van der Waals surface area contributed by atoms with Crippen molar-refractivity contribution >= 4 is 11.6 Å². The topological polar surface area (TPSA) is 60.4 Å². The van der Waals surface area contributed by atoms with E-state index < -0.39 is 6.10 Å². The molecule has 0 saturated heterocycles. The predicted octanol–water partition coefficient (Wildman–Crippen LogP) is 2.86. The Labute approximate surface area is 153 Å². The first kappa shape index (κ1) is 17.8. The van der Waals surface area contributed by atoms with Gasteiger partial charge >= 0.3 is 0 Å². The Bertz CT molecular complexity index is 805. The first-order chi connectivity index (χ1) is 12.6. The average molecular weight is 354 g/mol. The van der Waals surface area contributed by atoms with E-state index in [1.54, 1.807) is 26.2 Å². The van der Waals surface area contributed by atoms with Gasteiger partial charge in [-0.15, -0.1) is 0 Å². The number of likely N-dealkylation sites (N-methyl/N-ethyl adjacent to an activating group) is 1. The number of amides is 1. The summed E-state index contributed by atoms with van der Waals surface area (Å²) in [7, 11) is 4.94. The summed E-state index contributed by atoms with van der Waals surface area (Å²) in [4.78, 5) is 19.7. The molecule has 6 nitrogen and oxygen atoms in total. The molecule has 0 unspecified atom stereocenters. The van der Waals surface area contributed by atoms with Gasteiger partial charge in [0.2, 0.25) is 6.10 Å². The Morgan fingerprint density at radius 3 is 2.58 bits per heavy atom. The molecule has 1 aliphatic rings. The van der Waals surface area contributed by atoms with Gasteiger partial charge in [-0.25, -0.2) is 0 Å². The molecule has 6 heteroatoms. The molecule has 0 N–H and O–H groups in total. The first-order valence-electron chi connectivity index (χ1n) is 8.36. The van der Waals surface area contributed by atoms with Crippen LogP contribution in [-0.2, 0) is 16.2 Å². The van der Waals surface area contributed by atoms with Crippen molar-refractivity contribution in [1.82, 2.24) is 4.90 Å². The van der Waals surface area contributed by atoms with Crippen molar-refractivity contribution < 1.29 is 19.1 Å². The van der Waals surface area contributed by atoms with E-state index in [2.05, 4.69) is 5.16 Å². The highest BCUT2D eigenvalue weighted by atomic mass is 16.6. The van der Waals surface area contributed by atoms with E-state index in [1.807, 2.05) is 48.5 Å². The number of hydrogen-bond acceptors (Lipinski definition) is 5. The van der Waals surface area contributed by atoms with Crippen molar-refractivity contribution in [2.75, 3.05) is 21.3 Å². The van der Waals surface area contributed by atoms with Gasteiger partial charge < -0.3 is 19.2 Å². The van der Waals surface area contributed by atoms with Crippen molar-refractivity contribution in [2.45, 2.75) is 19.1 Å². The molecule has 1 amide bonds. The highest BCUT2D eigenvalue weighted by Crippen LogP contribution is 2.29. The van der Waals surface area contributed by atoms with Gasteiger partial charge in [0, 0.05) is 25.6 Å². The summed E-state index contributed by atoms with van der Waals surface area (Å²) in [6.45, 7) is 0.533. The maximum absolute atomic E-state index is 12.6. The zero-order valence-corrected chi connectivity index (χ0v) is 15.1. The van der Waals surface area contributed by atoms with Crippen LogP contribution in [0.4, 0.5) is 0 Å². The van der Waals surface area contributed by atoms with E-state index in [9.17, 15) is 4.79 Å². The maximum Gasteiger partial charge on any atom is 0.266 e. The summed E-state index contributed by atoms with van der Waals surface area (Å²) in [5.74, 6) is 1.17. The molecule has 0 radical (unpaired) electrons. The minimum atomic E-state index is -0.605. The number of ether oxygens (including phenoxy) is 2. The number of hydrogen-bond donors (Lipinski definition) is 0. The zero-order chi connectivity index (χ0) is 18.5. The molecule has 3 rings (SSSR count). The molecule has 1 atom stereocenters. The van der Waals surface area contributed by atoms with Gasteiger partial charge in [-0.3, -0.25) is 4.79 Å². The van der Waals surface area contributed by atoms with E-state index in [-0.39, 0.29) is 5.91 Å². The lowest BCUT2D eigenvalue weighted by atomic mass is 10.0. The second-order valence-electron chi connectivity index (χ2n) is 6.09. The molecule has 0 aromatic heterocycles. The van der Waals surface area contributed by atoms with Crippen molar-refractivity contribution in [3.8, 4) is 11.5 Å². The van der Waals surface area contributed by atoms with Crippen molar-refractivity contribution in [1.29, 1.82) is 0 Å². The average Bonchev–Trinajstić information content (AvgIpc) is 3.17. The molecule has 0 fully saturated rings. The molecule has 2 aromatic carbocycles. The van der Waals surface area contributed by atoms with E-state index in [4.69, 9.17) is 14.3 Å². The van der Waals surface area contributed by atoms with E-state index in [0.717, 1.165) is 16.8 Å². The van der Waals surface area contributed by atoms with Gasteiger partial charge in [-0.1, -0.05) is 35.5 Å². The van der Waals surface area contributed by atoms with Gasteiger partial charge in [0.1, 0.15) is 0 Å². The first-order valence-corrected chi connectivity index (χ1v) is 8.36. The Hall–Kier alpha value is -3.02. The summed E-state index contributed by atoms with van der Waals surface area (Å²) < 4.78 is 10.6. The third-order valence-electron chi connectivity index (χ3n) is 4.30. The predicted molar refractivity (Wildman–Crippen MR) is 98.5 cm³/mol. The maximum atomic E-state index is 12.6. The monoisotopic (exact) mass is 354 g/mol. The molecule has 1 heterocycles. The van der Waals surface area contributed by atoms with Gasteiger partial charge in [-0.05, 0) is 23.8 Å². The zero-order valence-electron chi connectivity index (χ0n) is 15.1. The van der Waals surface area contributed by atoms with Crippen LogP contribution in [0.3, 0.4) is 0 Å². The van der Waals surface area contributed by atoms with E-state index in [1.165, 1.54) is 0 Å². The molecule has 2 aromatic rings. The lowest BCUT2D eigenvalue weighted by Crippen LogP contribution is -2.36. The second-order valence-corrected chi connectivity index (χ2v) is 6.09. The van der Waals surface area contributed by atoms with Crippen LogP contribution in [0, 0.1) is 0 Å². The number of carbonyl (C=O) groups excluding carboxylic acids is 1. The third-order valence-corrected chi connectivity index (χ3v) is 4.30. The number of nitrogens with zero attached hydrogens (tertiary/aromatic N) is 2. The molecule has 1 aliphatic heterocycles. The SMILES string of the molecule is COc1ccc(C2=NO[C@H](C(=O)N(C)Cc3ccccc3)C2)cc1OC. The fraction of sp³-hybridized carbons (Fsp3) is 0.300. The third kappa shape index (κ3) is 3.79. The summed E-state index contributed by atoms with van der Waals surface area (Å²) in [6, 6.07) is 15.4. The molecule has 0 bridgehead atoms. The quantitative estimate of drug-likeness (QED) is 0.800. The van der Waals surface area contributed by atoms with Gasteiger partial charge in [-0.2, -0.15) is 0 Å². The van der Waals surface area contributed by atoms with Crippen LogP contribution in [0.25, 0.3) is 0 Å². The lowest BCUT2D eigenvalue weighted by Gasteiger charge is -2.19. The number of oxime groups is 1. The Kier molecular flexibility index (Phi) is 5.41. The number of rotatable bonds is 6. The summed E-state index contributed by atoms with van der Waals surface area (Å²) in [5.41, 5.74) is 2.64. The largest absolute Gasteiger partial charge is 0.493 e. The molecule has 0 saturated carbocycles.